The number of esters is 1. The number of methoxy groups -OCH3 is 1. The second kappa shape index (κ2) is 43.6. The molecule has 0 saturated carbocycles. The number of hydrogen-bond donors (Lipinski definition) is 1. The predicted octanol–water partition coefficient (Wildman–Crippen LogP) is 21.1. The van der Waals surface area contributed by atoms with Crippen molar-refractivity contribution in [1.82, 2.24) is 0 Å². The molecule has 6 rings (SSSR count). The van der Waals surface area contributed by atoms with E-state index in [-0.39, 0.29) is 72.2 Å². The molecule has 0 aliphatic carbocycles. The molecule has 2 aliphatic heterocycles. The van der Waals surface area contributed by atoms with Crippen LogP contribution in [0.4, 0.5) is 49.1 Å². The van der Waals surface area contributed by atoms with Crippen molar-refractivity contribution in [2.45, 2.75) is 184 Å². The van der Waals surface area contributed by atoms with Crippen LogP contribution in [0.3, 0.4) is 0 Å². The molecule has 82 heavy (non-hydrogen) atoms. The molecule has 0 amide bonds. The third-order valence-corrected chi connectivity index (χ3v) is 12.7. The number of unbranched alkanes of at least 4 members (excludes halogenated alkanes) is 1. The van der Waals surface area contributed by atoms with Crippen molar-refractivity contribution in [3.63, 3.8) is 0 Å². The fourth-order valence-corrected chi connectivity index (χ4v) is 8.84. The Balaban J connectivity index is -0.000000538. The quantitative estimate of drug-likeness (QED) is 0.0519. The number of halogens is 6. The zero-order valence-corrected chi connectivity index (χ0v) is 56.7. The molecular weight excluding hydrogens is 1420 g/mol. The van der Waals surface area contributed by atoms with Gasteiger partial charge in [-0.1, -0.05) is 190 Å². The average Bonchev–Trinajstić information content (AvgIpc) is 4.07. The number of benzene rings is 4. The van der Waals surface area contributed by atoms with Gasteiger partial charge in [0.1, 0.15) is 0 Å². The van der Waals surface area contributed by atoms with Gasteiger partial charge in [-0.3, -0.25) is 4.79 Å². The number of carbonyl (C=O) groups excluding carboxylic acids is 1. The van der Waals surface area contributed by atoms with Gasteiger partial charge in [0, 0.05) is 80.5 Å². The molecule has 476 valence electrons. The van der Waals surface area contributed by atoms with Crippen LogP contribution in [0.15, 0.2) is 97.6 Å². The second-order valence-corrected chi connectivity index (χ2v) is 21.4. The van der Waals surface area contributed by atoms with Crippen molar-refractivity contribution in [3.8, 4) is 0 Å². The third-order valence-electron chi connectivity index (χ3n) is 12.7. The molecule has 1 N–H and O–H groups in total. The fourth-order valence-electron chi connectivity index (χ4n) is 8.84. The van der Waals surface area contributed by atoms with E-state index in [2.05, 4.69) is 260 Å². The van der Waals surface area contributed by atoms with E-state index < -0.39 is 13.4 Å². The molecule has 2 aliphatic rings. The van der Waals surface area contributed by atoms with Crippen molar-refractivity contribution in [2.24, 2.45) is 0 Å². The Bertz CT molecular complexity index is 2000. The van der Waals surface area contributed by atoms with Crippen molar-refractivity contribution in [3.05, 3.63) is 198 Å². The molecule has 4 aromatic carbocycles. The zero-order valence-electron chi connectivity index (χ0n) is 52.4. The molecule has 2 heterocycles. The Morgan fingerprint density at radius 3 is 0.732 bits per heavy atom. The molecule has 2 radical (unpaired) electrons. The van der Waals surface area contributed by atoms with Crippen LogP contribution in [0.5, 0.6) is 0 Å². The molecule has 0 spiro atoms. The summed E-state index contributed by atoms with van der Waals surface area (Å²) in [6.07, 6.45) is 11.6. The largest absolute Gasteiger partial charge is 0.479 e. The summed E-state index contributed by atoms with van der Waals surface area (Å²) < 4.78 is 61.8. The first-order valence-corrected chi connectivity index (χ1v) is 27.3. The minimum atomic E-state index is -3.08. The third kappa shape index (κ3) is 27.4. The van der Waals surface area contributed by atoms with Gasteiger partial charge >= 0.3 is 5.97 Å². The maximum atomic E-state index is 10.1. The Labute approximate surface area is 525 Å². The van der Waals surface area contributed by atoms with Gasteiger partial charge in [-0.15, -0.1) is 13.3 Å². The van der Waals surface area contributed by atoms with E-state index in [4.69, 9.17) is 5.11 Å². The van der Waals surface area contributed by atoms with Crippen molar-refractivity contribution in [2.75, 3.05) is 33.3 Å². The molecule has 0 bridgehead atoms. The molecular formula is C67H98Au2F6N4O3-8. The first kappa shape index (κ1) is 84.5. The van der Waals surface area contributed by atoms with Gasteiger partial charge in [0.05, 0.1) is 7.11 Å². The monoisotopic (exact) mass is 1510 g/mol. The molecule has 7 nitrogen and oxygen atoms in total. The van der Waals surface area contributed by atoms with E-state index >= 15 is 0 Å². The predicted molar refractivity (Wildman–Crippen MR) is 330 cm³/mol. The molecule has 0 aromatic heterocycles. The molecule has 0 fully saturated rings. The van der Waals surface area contributed by atoms with Crippen molar-refractivity contribution < 1.29 is 85.7 Å². The van der Waals surface area contributed by atoms with Crippen LogP contribution in [0.1, 0.15) is 228 Å². The number of carbonyl (C=O) groups is 1. The number of anilines is 4. The maximum absolute atomic E-state index is 10.1. The Morgan fingerprint density at radius 2 is 0.634 bits per heavy atom. The van der Waals surface area contributed by atoms with Crippen molar-refractivity contribution >= 4 is 28.7 Å². The van der Waals surface area contributed by atoms with Crippen LogP contribution in [0.2, 0.25) is 0 Å². The van der Waals surface area contributed by atoms with Crippen LogP contribution in [0.25, 0.3) is 0 Å². The molecule has 4 aromatic rings. The van der Waals surface area contributed by atoms with E-state index in [1.54, 1.807) is 0 Å². The molecule has 15 heteroatoms. The molecule has 0 unspecified atom stereocenters. The summed E-state index contributed by atoms with van der Waals surface area (Å²) in [7, 11) is 1.37. The summed E-state index contributed by atoms with van der Waals surface area (Å²) in [6.45, 7) is 42.2. The van der Waals surface area contributed by atoms with Crippen LogP contribution >= 0.6 is 0 Å². The summed E-state index contributed by atoms with van der Waals surface area (Å²) in [5.74, 6) is 3.66. The molecule has 0 saturated heterocycles. The van der Waals surface area contributed by atoms with Gasteiger partial charge in [-0.05, 0) is 117 Å². The van der Waals surface area contributed by atoms with E-state index in [1.807, 2.05) is 0 Å². The SMILES string of the molecule is CC(C)c1cccc(C(C)C)c1N1C=CN(c2c(C(C)C)cccc2C(C)C)[CH-]1.CC(C)c1cccc(C(C)C)c1N1C=CN(c2c(C(C)C)cccc2C(C)C)[CH-]1.F[C-](F)F.F[C-](F)F.[Au].[Au].[CH2-]CCC(=O)OC.[CH2-]CCCO.[CH3-].[CH3-]. The summed E-state index contributed by atoms with van der Waals surface area (Å²) in [5, 5.41) is 8.03. The van der Waals surface area contributed by atoms with E-state index in [1.165, 1.54) is 74.4 Å². The number of aliphatic hydroxyl groups is 1. The standard InChI is InChI=1S/2C27H37N2.C5H9O2.C4H9O.2CF3.2CH3.2Au/c2*1-18(2)22-11-9-12-23(19(3)4)26(22)28-15-16-29(17-28)27-24(20(5)6)13-10-14-25(27)21(7)8;1-3-4-5(6)7-2;1-2-3-4-5;2*2-1(3)4;;;;/h2*9-21H,1-8H3;1,3-4H2,2H3;5H,1-4H2;;;2*1H3;;/q8*-1;;. The summed E-state index contributed by atoms with van der Waals surface area (Å²) in [5.41, 5.74) is 16.6. The number of hydrogen-bond acceptors (Lipinski definition) is 7. The van der Waals surface area contributed by atoms with Crippen molar-refractivity contribution in [1.29, 1.82) is 0 Å². The number of ether oxygens (including phenoxy) is 1. The second-order valence-electron chi connectivity index (χ2n) is 21.4. The fraction of sp³-hybridized carbons (Fsp3) is 0.448. The smallest absolute Gasteiger partial charge is 0.302 e. The van der Waals surface area contributed by atoms with E-state index in [9.17, 15) is 31.1 Å². The number of aliphatic hydroxyl groups excluding tert-OH is 1. The average molecular weight is 1520 g/mol. The van der Waals surface area contributed by atoms with Gasteiger partial charge in [-0.25, -0.2) is 0 Å². The van der Waals surface area contributed by atoms with Crippen LogP contribution in [0, 0.1) is 55.4 Å². The van der Waals surface area contributed by atoms with Gasteiger partial charge in [0.2, 0.25) is 0 Å². The Morgan fingerprint density at radius 1 is 0.451 bits per heavy atom. The van der Waals surface area contributed by atoms with E-state index in [0.29, 0.717) is 60.2 Å². The summed E-state index contributed by atoms with van der Waals surface area (Å²) in [6, 6.07) is 27.0. The first-order chi connectivity index (χ1) is 36.6. The minimum Gasteiger partial charge on any atom is -0.479 e. The van der Waals surface area contributed by atoms with E-state index in [0.717, 1.165) is 12.8 Å². The summed E-state index contributed by atoms with van der Waals surface area (Å²) >= 11 is 0. The van der Waals surface area contributed by atoms with Crippen LogP contribution in [-0.2, 0) is 54.3 Å². The Kier molecular flexibility index (Phi) is 45.0. The number of rotatable bonds is 16. The van der Waals surface area contributed by atoms with Gasteiger partial charge in [-0.2, -0.15) is 12.8 Å². The zero-order chi connectivity index (χ0) is 59.6. The first-order valence-electron chi connectivity index (χ1n) is 27.3. The van der Waals surface area contributed by atoms with Gasteiger partial charge in [0.15, 0.2) is 13.4 Å². The Hall–Kier alpha value is -3.95. The van der Waals surface area contributed by atoms with Crippen LogP contribution < -0.4 is 19.6 Å². The topological polar surface area (TPSA) is 59.5 Å². The number of nitrogens with zero attached hydrogens (tertiary/aromatic N) is 4. The maximum Gasteiger partial charge on any atom is 0.302 e. The normalized spacial score (nSPS) is 12.2. The van der Waals surface area contributed by atoms with Crippen LogP contribution in [-0.4, -0.2) is 24.8 Å². The minimum absolute atomic E-state index is 0. The van der Waals surface area contributed by atoms with Gasteiger partial charge in [0.25, 0.3) is 0 Å². The van der Waals surface area contributed by atoms with Gasteiger partial charge < -0.3 is 84.5 Å². The summed E-state index contributed by atoms with van der Waals surface area (Å²) in [4.78, 5) is 19.5. The number of para-hydroxylation sites is 4. The molecule has 0 atom stereocenters.